The summed E-state index contributed by atoms with van der Waals surface area (Å²) in [5.74, 6) is 0.589. The summed E-state index contributed by atoms with van der Waals surface area (Å²) in [5.41, 5.74) is 11.8. The molecule has 2 aromatic carbocycles. The van der Waals surface area contributed by atoms with Crippen molar-refractivity contribution in [2.45, 2.75) is 90.8 Å². The lowest BCUT2D eigenvalue weighted by Crippen LogP contribution is -2.52. The van der Waals surface area contributed by atoms with E-state index in [9.17, 15) is 4.79 Å². The van der Waals surface area contributed by atoms with Crippen LogP contribution < -0.4 is 16.0 Å². The van der Waals surface area contributed by atoms with Gasteiger partial charge in [-0.15, -0.1) is 0 Å². The van der Waals surface area contributed by atoms with Crippen LogP contribution in [0.4, 0.5) is 16.3 Å². The zero-order valence-corrected chi connectivity index (χ0v) is 27.4. The van der Waals surface area contributed by atoms with Crippen LogP contribution in [0.1, 0.15) is 83.2 Å². The van der Waals surface area contributed by atoms with Gasteiger partial charge in [0.15, 0.2) is 0 Å². The third-order valence-electron chi connectivity index (χ3n) is 9.35. The Balaban J connectivity index is 1.45. The summed E-state index contributed by atoms with van der Waals surface area (Å²) in [6.45, 7) is 12.7. The molecule has 1 fully saturated rings. The van der Waals surface area contributed by atoms with Crippen molar-refractivity contribution in [1.29, 1.82) is 0 Å². The van der Waals surface area contributed by atoms with E-state index in [-0.39, 0.29) is 5.41 Å². The van der Waals surface area contributed by atoms with Crippen LogP contribution in [0, 0.1) is 6.92 Å². The molecular formula is C37H47N7O. The second-order valence-electron chi connectivity index (χ2n) is 13.5. The highest BCUT2D eigenvalue weighted by Gasteiger charge is 2.30. The minimum Gasteiger partial charge on any atom is -0.351 e. The highest BCUT2D eigenvalue weighted by Crippen LogP contribution is 2.40. The molecule has 2 aromatic heterocycles. The number of likely N-dealkylation sites (N-methyl/N-ethyl adjacent to an activating group) is 1. The van der Waals surface area contributed by atoms with Crippen molar-refractivity contribution in [3.05, 3.63) is 83.8 Å². The van der Waals surface area contributed by atoms with Crippen LogP contribution in [-0.4, -0.2) is 51.0 Å². The van der Waals surface area contributed by atoms with Crippen LogP contribution in [0.15, 0.2) is 66.9 Å². The minimum atomic E-state index is -0.565. The predicted molar refractivity (Wildman–Crippen MR) is 184 cm³/mol. The number of pyridine rings is 1. The molecule has 8 heteroatoms. The molecule has 1 saturated heterocycles. The molecule has 4 aromatic rings. The van der Waals surface area contributed by atoms with Gasteiger partial charge in [0.1, 0.15) is 5.82 Å². The maximum atomic E-state index is 13.4. The van der Waals surface area contributed by atoms with Crippen molar-refractivity contribution < 1.29 is 4.79 Å². The Hall–Kier alpha value is -4.01. The maximum absolute atomic E-state index is 13.4. The number of amides is 2. The Labute approximate surface area is 267 Å². The molecule has 1 aliphatic heterocycles. The van der Waals surface area contributed by atoms with Gasteiger partial charge in [-0.3, -0.25) is 9.88 Å². The van der Waals surface area contributed by atoms with Gasteiger partial charge >= 0.3 is 6.03 Å². The van der Waals surface area contributed by atoms with Crippen LogP contribution >= 0.6 is 0 Å². The second-order valence-corrected chi connectivity index (χ2v) is 13.5. The molecule has 6 rings (SSSR count). The van der Waals surface area contributed by atoms with Crippen LogP contribution in [0.5, 0.6) is 0 Å². The van der Waals surface area contributed by atoms with Crippen LogP contribution in [-0.2, 0) is 5.41 Å². The topological polar surface area (TPSA) is 92.3 Å². The summed E-state index contributed by atoms with van der Waals surface area (Å²) in [7, 11) is 0. The average Bonchev–Trinajstić information content (AvgIpc) is 3.48. The average molecular weight is 606 g/mol. The molecule has 0 radical (unpaired) electrons. The molecule has 3 N–H and O–H groups in total. The van der Waals surface area contributed by atoms with Crippen molar-refractivity contribution in [3.63, 3.8) is 0 Å². The fourth-order valence-corrected chi connectivity index (χ4v) is 6.97. The summed E-state index contributed by atoms with van der Waals surface area (Å²) in [5, 5.41) is 10.8. The molecule has 1 aliphatic carbocycles. The van der Waals surface area contributed by atoms with Gasteiger partial charge in [0, 0.05) is 28.6 Å². The predicted octanol–water partition coefficient (Wildman–Crippen LogP) is 7.60. The molecule has 0 saturated carbocycles. The van der Waals surface area contributed by atoms with Gasteiger partial charge < -0.3 is 11.1 Å². The van der Waals surface area contributed by atoms with Gasteiger partial charge in [0.2, 0.25) is 0 Å². The van der Waals surface area contributed by atoms with Gasteiger partial charge in [-0.1, -0.05) is 64.1 Å². The molecule has 2 atom stereocenters. The van der Waals surface area contributed by atoms with E-state index in [1.807, 2.05) is 31.2 Å². The molecular weight excluding hydrogens is 558 g/mol. The van der Waals surface area contributed by atoms with E-state index in [0.717, 1.165) is 59.5 Å². The Morgan fingerprint density at radius 1 is 1.04 bits per heavy atom. The number of carbonyl (C=O) groups excluding carboxylic acids is 1. The van der Waals surface area contributed by atoms with Crippen LogP contribution in [0.25, 0.3) is 22.0 Å². The van der Waals surface area contributed by atoms with Gasteiger partial charge in [-0.25, -0.2) is 14.4 Å². The number of anilines is 2. The number of piperidine rings is 1. The number of primary amides is 1. The molecule has 2 amide bonds. The number of rotatable bonds is 7. The van der Waals surface area contributed by atoms with Gasteiger partial charge in [0.25, 0.3) is 0 Å². The number of nitrogens with one attached hydrogen (secondary N) is 1. The lowest BCUT2D eigenvalue weighted by Gasteiger charge is -2.40. The van der Waals surface area contributed by atoms with E-state index in [1.165, 1.54) is 36.8 Å². The fraction of sp³-hybridized carbons (Fsp3) is 0.432. The first kappa shape index (κ1) is 31.0. The quantitative estimate of drug-likeness (QED) is 0.226. The van der Waals surface area contributed by atoms with Crippen molar-refractivity contribution in [2.24, 2.45) is 5.73 Å². The first-order valence-electron chi connectivity index (χ1n) is 16.5. The number of allylic oxidation sites excluding steroid dienone is 1. The Kier molecular flexibility index (Phi) is 8.80. The van der Waals surface area contributed by atoms with Gasteiger partial charge in [0.05, 0.1) is 29.4 Å². The van der Waals surface area contributed by atoms with Gasteiger partial charge in [-0.2, -0.15) is 5.10 Å². The first-order chi connectivity index (χ1) is 21.7. The minimum absolute atomic E-state index is 0.239. The maximum Gasteiger partial charge on any atom is 0.325 e. The van der Waals surface area contributed by atoms with Crippen molar-refractivity contribution in [2.75, 3.05) is 18.0 Å². The van der Waals surface area contributed by atoms with E-state index in [0.29, 0.717) is 18.0 Å². The van der Waals surface area contributed by atoms with E-state index < -0.39 is 6.03 Å². The fourth-order valence-electron chi connectivity index (χ4n) is 6.97. The number of fused-ring (bicyclic) bond motifs is 1. The number of aromatic nitrogens is 3. The van der Waals surface area contributed by atoms with Crippen molar-refractivity contribution in [3.8, 4) is 5.69 Å². The third kappa shape index (κ3) is 6.26. The van der Waals surface area contributed by atoms with Crippen molar-refractivity contribution >= 4 is 33.9 Å². The van der Waals surface area contributed by atoms with Crippen molar-refractivity contribution in [1.82, 2.24) is 25.0 Å². The number of hydrogen-bond donors (Lipinski definition) is 2. The molecule has 236 valence electrons. The summed E-state index contributed by atoms with van der Waals surface area (Å²) < 4.78 is 1.79. The monoisotopic (exact) mass is 605 g/mol. The SMILES string of the molecule is CCN(C1C=C(c2ccc(N(C(N)=O)c3cc(C(C)(C)C)nn3-c3ccc(C)nc3)c3ccccc23)CCC1)C1CCCCN1. The summed E-state index contributed by atoms with van der Waals surface area (Å²) in [4.78, 5) is 22.1. The molecule has 0 spiro atoms. The molecule has 3 heterocycles. The lowest BCUT2D eigenvalue weighted by molar-refractivity contribution is 0.109. The normalized spacial score (nSPS) is 19.1. The molecule has 8 nitrogen and oxygen atoms in total. The van der Waals surface area contributed by atoms with E-state index in [4.69, 9.17) is 10.8 Å². The van der Waals surface area contributed by atoms with E-state index >= 15 is 0 Å². The molecule has 2 unspecified atom stereocenters. The Morgan fingerprint density at radius 3 is 2.51 bits per heavy atom. The summed E-state index contributed by atoms with van der Waals surface area (Å²) in [6, 6.07) is 18.3. The first-order valence-corrected chi connectivity index (χ1v) is 16.5. The number of carbonyl (C=O) groups is 1. The zero-order valence-electron chi connectivity index (χ0n) is 27.4. The number of nitrogens with zero attached hydrogens (tertiary/aromatic N) is 5. The Bertz CT molecular complexity index is 1690. The molecule has 45 heavy (non-hydrogen) atoms. The van der Waals surface area contributed by atoms with E-state index in [2.05, 4.69) is 79.3 Å². The number of benzene rings is 2. The summed E-state index contributed by atoms with van der Waals surface area (Å²) >= 11 is 0. The highest BCUT2D eigenvalue weighted by atomic mass is 16.2. The van der Waals surface area contributed by atoms with E-state index in [1.54, 1.807) is 15.8 Å². The number of nitrogens with two attached hydrogens (primary N) is 1. The second kappa shape index (κ2) is 12.8. The number of hydrogen-bond acceptors (Lipinski definition) is 5. The zero-order chi connectivity index (χ0) is 31.7. The number of aryl methyl sites for hydroxylation is 1. The lowest BCUT2D eigenvalue weighted by atomic mass is 9.87. The Morgan fingerprint density at radius 2 is 1.84 bits per heavy atom. The highest BCUT2D eigenvalue weighted by molar-refractivity contribution is 6.09. The standard InChI is InChI=1S/C37H47N7O/c1-6-42(34-16-9-10-21-39-34)27-13-11-12-26(22-27)29-19-20-32(31-15-8-7-14-30(29)31)43(36(38)45)35-23-33(37(3,4)5)41-44(35)28-18-17-25(2)40-24-28/h7-8,14-15,17-20,22-24,27,34,39H,6,9-13,16,21H2,1-5H3,(H2,38,45). The smallest absolute Gasteiger partial charge is 0.325 e. The third-order valence-corrected chi connectivity index (χ3v) is 9.35. The van der Waals surface area contributed by atoms with Gasteiger partial charge in [-0.05, 0) is 93.3 Å². The largest absolute Gasteiger partial charge is 0.351 e. The summed E-state index contributed by atoms with van der Waals surface area (Å²) in [6.07, 6.45) is 11.9. The number of urea groups is 1. The molecule has 0 bridgehead atoms. The van der Waals surface area contributed by atoms with Crippen LogP contribution in [0.3, 0.4) is 0 Å². The van der Waals surface area contributed by atoms with Crippen LogP contribution in [0.2, 0.25) is 0 Å². The molecule has 2 aliphatic rings.